The SMILES string of the molecule is COc1ccc(COC2CCC(C)(C)CC2)cc1B1OC(C)(C)C(C)(C)O1. The van der Waals surface area contributed by atoms with Crippen LogP contribution in [0.25, 0.3) is 0 Å². The van der Waals surface area contributed by atoms with Gasteiger partial charge in [0.2, 0.25) is 0 Å². The molecule has 0 bridgehead atoms. The fraction of sp³-hybridized carbons (Fsp3) is 0.727. The van der Waals surface area contributed by atoms with Crippen molar-refractivity contribution in [3.05, 3.63) is 23.8 Å². The van der Waals surface area contributed by atoms with E-state index in [0.717, 1.165) is 29.6 Å². The van der Waals surface area contributed by atoms with Gasteiger partial charge in [0.05, 0.1) is 31.0 Å². The fourth-order valence-electron chi connectivity index (χ4n) is 3.78. The maximum atomic E-state index is 6.22. The van der Waals surface area contributed by atoms with Crippen LogP contribution in [0.1, 0.15) is 72.8 Å². The van der Waals surface area contributed by atoms with Crippen LogP contribution in [0.3, 0.4) is 0 Å². The van der Waals surface area contributed by atoms with Gasteiger partial charge in [-0.15, -0.1) is 0 Å². The summed E-state index contributed by atoms with van der Waals surface area (Å²) in [7, 11) is 1.25. The van der Waals surface area contributed by atoms with E-state index in [2.05, 4.69) is 53.7 Å². The number of benzene rings is 1. The quantitative estimate of drug-likeness (QED) is 0.712. The Hall–Kier alpha value is -1.04. The highest BCUT2D eigenvalue weighted by Gasteiger charge is 2.52. The van der Waals surface area contributed by atoms with Crippen molar-refractivity contribution in [2.24, 2.45) is 5.41 Å². The van der Waals surface area contributed by atoms with E-state index in [1.807, 2.05) is 6.07 Å². The van der Waals surface area contributed by atoms with Gasteiger partial charge >= 0.3 is 7.12 Å². The molecule has 1 aliphatic carbocycles. The van der Waals surface area contributed by atoms with Gasteiger partial charge in [0.25, 0.3) is 0 Å². The van der Waals surface area contributed by atoms with E-state index in [-0.39, 0.29) is 11.2 Å². The summed E-state index contributed by atoms with van der Waals surface area (Å²) in [5, 5.41) is 0. The zero-order valence-corrected chi connectivity index (χ0v) is 18.1. The molecule has 0 N–H and O–H groups in total. The molecule has 1 aliphatic heterocycles. The maximum absolute atomic E-state index is 6.22. The highest BCUT2D eigenvalue weighted by Crippen LogP contribution is 2.38. The third kappa shape index (κ3) is 4.52. The second-order valence-electron chi connectivity index (χ2n) is 9.84. The number of ether oxygens (including phenoxy) is 2. The second-order valence-corrected chi connectivity index (χ2v) is 9.84. The zero-order valence-electron chi connectivity index (χ0n) is 18.1. The van der Waals surface area contributed by atoms with Crippen LogP contribution in [0.15, 0.2) is 18.2 Å². The lowest BCUT2D eigenvalue weighted by Gasteiger charge is -2.34. The van der Waals surface area contributed by atoms with Gasteiger partial charge in [-0.05, 0) is 70.4 Å². The van der Waals surface area contributed by atoms with E-state index in [0.29, 0.717) is 18.1 Å². The first-order chi connectivity index (χ1) is 12.5. The molecule has 0 radical (unpaired) electrons. The Labute approximate surface area is 165 Å². The Bertz CT molecular complexity index is 642. The largest absolute Gasteiger partial charge is 0.498 e. The third-order valence-electron chi connectivity index (χ3n) is 6.57. The van der Waals surface area contributed by atoms with Crippen LogP contribution in [0, 0.1) is 5.41 Å². The summed E-state index contributed by atoms with van der Waals surface area (Å²) < 4.78 is 24.2. The highest BCUT2D eigenvalue weighted by atomic mass is 16.7. The minimum atomic E-state index is -0.430. The monoisotopic (exact) mass is 374 g/mol. The van der Waals surface area contributed by atoms with E-state index in [4.69, 9.17) is 18.8 Å². The van der Waals surface area contributed by atoms with Gasteiger partial charge in [-0.2, -0.15) is 0 Å². The molecule has 1 saturated carbocycles. The van der Waals surface area contributed by atoms with E-state index in [1.54, 1.807) is 7.11 Å². The van der Waals surface area contributed by atoms with Crippen LogP contribution in [0.2, 0.25) is 0 Å². The Morgan fingerprint density at radius 1 is 1.00 bits per heavy atom. The summed E-state index contributed by atoms with van der Waals surface area (Å²) in [5.41, 5.74) is 1.78. The molecule has 0 atom stereocenters. The molecular formula is C22H35BO4. The lowest BCUT2D eigenvalue weighted by atomic mass is 9.76. The molecule has 0 amide bonds. The molecule has 5 heteroatoms. The predicted molar refractivity (Wildman–Crippen MR) is 110 cm³/mol. The van der Waals surface area contributed by atoms with Crippen molar-refractivity contribution in [2.75, 3.05) is 7.11 Å². The van der Waals surface area contributed by atoms with Gasteiger partial charge in [0, 0.05) is 5.46 Å². The molecule has 0 spiro atoms. The topological polar surface area (TPSA) is 36.9 Å². The van der Waals surface area contributed by atoms with Crippen molar-refractivity contribution in [3.8, 4) is 5.75 Å². The first kappa shape index (κ1) is 20.7. The van der Waals surface area contributed by atoms with Crippen molar-refractivity contribution in [3.63, 3.8) is 0 Å². The number of hydrogen-bond donors (Lipinski definition) is 0. The molecule has 1 heterocycles. The van der Waals surface area contributed by atoms with Crippen LogP contribution in [-0.4, -0.2) is 31.5 Å². The molecule has 0 aromatic heterocycles. The van der Waals surface area contributed by atoms with Gasteiger partial charge in [-0.1, -0.05) is 26.0 Å². The summed E-state index contributed by atoms with van der Waals surface area (Å²) >= 11 is 0. The van der Waals surface area contributed by atoms with Crippen LogP contribution in [-0.2, 0) is 20.7 Å². The molecule has 0 unspecified atom stereocenters. The zero-order chi connectivity index (χ0) is 19.9. The first-order valence-electron chi connectivity index (χ1n) is 10.2. The average Bonchev–Trinajstić information content (AvgIpc) is 2.81. The molecule has 1 aromatic carbocycles. The molecular weight excluding hydrogens is 339 g/mol. The third-order valence-corrected chi connectivity index (χ3v) is 6.57. The molecule has 1 aromatic rings. The van der Waals surface area contributed by atoms with Crippen LogP contribution in [0.5, 0.6) is 5.75 Å². The average molecular weight is 374 g/mol. The number of rotatable bonds is 5. The predicted octanol–water partition coefficient (Wildman–Crippen LogP) is 4.48. The van der Waals surface area contributed by atoms with Gasteiger partial charge in [0.1, 0.15) is 5.75 Å². The lowest BCUT2D eigenvalue weighted by Crippen LogP contribution is -2.41. The molecule has 27 heavy (non-hydrogen) atoms. The number of hydrogen-bond acceptors (Lipinski definition) is 4. The van der Waals surface area contributed by atoms with Gasteiger partial charge < -0.3 is 18.8 Å². The minimum absolute atomic E-state index is 0.362. The Morgan fingerprint density at radius 2 is 1.59 bits per heavy atom. The fourth-order valence-corrected chi connectivity index (χ4v) is 3.78. The van der Waals surface area contributed by atoms with E-state index < -0.39 is 7.12 Å². The summed E-state index contributed by atoms with van der Waals surface area (Å²) in [6.07, 6.45) is 5.12. The van der Waals surface area contributed by atoms with Crippen molar-refractivity contribution in [2.45, 2.75) is 91.1 Å². The standard InChI is InChI=1S/C22H35BO4/c1-20(2)12-10-17(11-13-20)25-15-16-8-9-19(24-7)18(14-16)23-26-21(3,4)22(5,6)27-23/h8-9,14,17H,10-13,15H2,1-7H3. The van der Waals surface area contributed by atoms with Crippen LogP contribution in [0.4, 0.5) is 0 Å². The summed E-state index contributed by atoms with van der Waals surface area (Å²) in [4.78, 5) is 0. The smallest absolute Gasteiger partial charge is 0.497 e. The molecule has 150 valence electrons. The minimum Gasteiger partial charge on any atom is -0.497 e. The van der Waals surface area contributed by atoms with Crippen molar-refractivity contribution in [1.82, 2.24) is 0 Å². The molecule has 1 saturated heterocycles. The summed E-state index contributed by atoms with van der Waals surface area (Å²) in [6, 6.07) is 6.16. The van der Waals surface area contributed by atoms with Crippen molar-refractivity contribution in [1.29, 1.82) is 0 Å². The normalized spacial score (nSPS) is 24.2. The van der Waals surface area contributed by atoms with Crippen LogP contribution >= 0.6 is 0 Å². The number of methoxy groups -OCH3 is 1. The van der Waals surface area contributed by atoms with E-state index in [9.17, 15) is 0 Å². The lowest BCUT2D eigenvalue weighted by molar-refractivity contribution is -0.00557. The molecule has 2 aliphatic rings. The molecule has 3 rings (SSSR count). The Kier molecular flexibility index (Phi) is 5.68. The van der Waals surface area contributed by atoms with E-state index in [1.165, 1.54) is 12.8 Å². The molecule has 4 nitrogen and oxygen atoms in total. The summed E-state index contributed by atoms with van der Waals surface area (Å²) in [5.74, 6) is 0.789. The first-order valence-corrected chi connectivity index (χ1v) is 10.2. The van der Waals surface area contributed by atoms with Gasteiger partial charge in [0.15, 0.2) is 0 Å². The molecule has 2 fully saturated rings. The van der Waals surface area contributed by atoms with Gasteiger partial charge in [-0.25, -0.2) is 0 Å². The second kappa shape index (κ2) is 7.42. The van der Waals surface area contributed by atoms with Crippen molar-refractivity contribution >= 4 is 12.6 Å². The van der Waals surface area contributed by atoms with E-state index >= 15 is 0 Å². The van der Waals surface area contributed by atoms with Crippen LogP contribution < -0.4 is 10.2 Å². The van der Waals surface area contributed by atoms with Gasteiger partial charge in [-0.3, -0.25) is 0 Å². The summed E-state index contributed by atoms with van der Waals surface area (Å²) in [6.45, 7) is 13.6. The Morgan fingerprint density at radius 3 is 2.15 bits per heavy atom. The maximum Gasteiger partial charge on any atom is 0.498 e. The van der Waals surface area contributed by atoms with Crippen molar-refractivity contribution < 1.29 is 18.8 Å². The Balaban J connectivity index is 1.69. The highest BCUT2D eigenvalue weighted by molar-refractivity contribution is 6.63.